The van der Waals surface area contributed by atoms with Crippen molar-refractivity contribution in [3.05, 3.63) is 94.3 Å². The zero-order valence-electron chi connectivity index (χ0n) is 17.6. The summed E-state index contributed by atoms with van der Waals surface area (Å²) in [6.45, 7) is 0.181. The number of ether oxygens (including phenoxy) is 1. The minimum atomic E-state index is -0.996. The first-order chi connectivity index (χ1) is 16.0. The number of hydrazine groups is 1. The first kappa shape index (κ1) is 22.4. The standard InChI is InChI=1S/C24H20N2O6S/c1-30-33-26(25)18-7-5-16(6-8-18)21-14-32-22-12-19(9-10-20(22)23(21)27)31-13-15-3-2-4-17(11-15)24(28)29/h2-12,14H,13,25H2,1H3,(H,28,29). The molecule has 0 fully saturated rings. The fourth-order valence-corrected chi connectivity index (χ4v) is 3.64. The number of hydrogen-bond acceptors (Lipinski definition) is 8. The highest BCUT2D eigenvalue weighted by atomic mass is 32.2. The van der Waals surface area contributed by atoms with E-state index < -0.39 is 5.97 Å². The van der Waals surface area contributed by atoms with Crippen molar-refractivity contribution in [2.75, 3.05) is 11.5 Å². The number of nitrogens with zero attached hydrogens (tertiary/aromatic N) is 1. The van der Waals surface area contributed by atoms with Crippen molar-refractivity contribution < 1.29 is 23.2 Å². The lowest BCUT2D eigenvalue weighted by Crippen LogP contribution is -2.22. The lowest BCUT2D eigenvalue weighted by Gasteiger charge is -2.14. The molecule has 0 radical (unpaired) electrons. The maximum Gasteiger partial charge on any atom is 0.335 e. The summed E-state index contributed by atoms with van der Waals surface area (Å²) >= 11 is 0.990. The topological polar surface area (TPSA) is 115 Å². The van der Waals surface area contributed by atoms with Gasteiger partial charge in [-0.3, -0.25) is 8.98 Å². The summed E-state index contributed by atoms with van der Waals surface area (Å²) in [5, 5.41) is 9.53. The van der Waals surface area contributed by atoms with E-state index in [0.29, 0.717) is 33.5 Å². The fourth-order valence-electron chi connectivity index (χ4n) is 3.27. The summed E-state index contributed by atoms with van der Waals surface area (Å²) in [5.74, 6) is 5.35. The molecule has 0 bridgehead atoms. The summed E-state index contributed by atoms with van der Waals surface area (Å²) in [6.07, 6.45) is 1.42. The van der Waals surface area contributed by atoms with Crippen molar-refractivity contribution in [3.8, 4) is 16.9 Å². The van der Waals surface area contributed by atoms with Gasteiger partial charge in [0, 0.05) is 6.07 Å². The van der Waals surface area contributed by atoms with Crippen molar-refractivity contribution in [2.45, 2.75) is 6.61 Å². The SMILES string of the molecule is COSN(N)c1ccc(-c2coc3cc(OCc4cccc(C(=O)O)c4)ccc3c2=O)cc1. The van der Waals surface area contributed by atoms with Crippen molar-refractivity contribution in [1.29, 1.82) is 0 Å². The quantitative estimate of drug-likeness (QED) is 0.167. The number of carbonyl (C=O) groups is 1. The van der Waals surface area contributed by atoms with Gasteiger partial charge in [0.2, 0.25) is 0 Å². The first-order valence-corrected chi connectivity index (χ1v) is 10.5. The largest absolute Gasteiger partial charge is 0.489 e. The molecule has 0 aliphatic carbocycles. The minimum absolute atomic E-state index is 0.166. The van der Waals surface area contributed by atoms with Crippen LogP contribution in [0.25, 0.3) is 22.1 Å². The van der Waals surface area contributed by atoms with Crippen LogP contribution in [0.1, 0.15) is 15.9 Å². The Bertz CT molecular complexity index is 1350. The van der Waals surface area contributed by atoms with Gasteiger partial charge in [0.1, 0.15) is 36.4 Å². The molecule has 1 heterocycles. The highest BCUT2D eigenvalue weighted by Gasteiger charge is 2.12. The van der Waals surface area contributed by atoms with Gasteiger partial charge in [-0.15, -0.1) is 0 Å². The second-order valence-electron chi connectivity index (χ2n) is 7.04. The molecule has 0 aliphatic rings. The molecule has 0 saturated heterocycles. The molecule has 3 N–H and O–H groups in total. The predicted octanol–water partition coefficient (Wildman–Crippen LogP) is 4.63. The Kier molecular flexibility index (Phi) is 6.64. The zero-order valence-corrected chi connectivity index (χ0v) is 18.4. The number of anilines is 1. The number of carboxylic acids is 1. The third-order valence-corrected chi connectivity index (χ3v) is 5.43. The van der Waals surface area contributed by atoms with Crippen LogP contribution in [0.15, 0.2) is 82.2 Å². The molecule has 8 nitrogen and oxygen atoms in total. The Morgan fingerprint density at radius 2 is 1.91 bits per heavy atom. The smallest absolute Gasteiger partial charge is 0.335 e. The van der Waals surface area contributed by atoms with E-state index in [4.69, 9.17) is 24.3 Å². The molecule has 3 aromatic carbocycles. The Labute approximate surface area is 193 Å². The molecule has 9 heteroatoms. The van der Waals surface area contributed by atoms with Gasteiger partial charge in [-0.25, -0.2) is 15.1 Å². The van der Waals surface area contributed by atoms with Crippen LogP contribution >= 0.6 is 12.2 Å². The average Bonchev–Trinajstić information content (AvgIpc) is 2.83. The van der Waals surface area contributed by atoms with Crippen LogP contribution < -0.4 is 20.4 Å². The summed E-state index contributed by atoms with van der Waals surface area (Å²) in [5.41, 5.74) is 2.97. The van der Waals surface area contributed by atoms with E-state index in [0.717, 1.165) is 17.8 Å². The van der Waals surface area contributed by atoms with Crippen LogP contribution in [0.5, 0.6) is 5.75 Å². The van der Waals surface area contributed by atoms with E-state index in [-0.39, 0.29) is 17.6 Å². The molecule has 0 amide bonds. The summed E-state index contributed by atoms with van der Waals surface area (Å²) < 4.78 is 17.8. The van der Waals surface area contributed by atoms with Gasteiger partial charge >= 0.3 is 5.97 Å². The highest BCUT2D eigenvalue weighted by Crippen LogP contribution is 2.26. The molecule has 168 valence electrons. The lowest BCUT2D eigenvalue weighted by molar-refractivity contribution is 0.0696. The number of fused-ring (bicyclic) bond motifs is 1. The third kappa shape index (κ3) is 5.01. The monoisotopic (exact) mass is 464 g/mol. The van der Waals surface area contributed by atoms with E-state index >= 15 is 0 Å². The predicted molar refractivity (Wildman–Crippen MR) is 127 cm³/mol. The van der Waals surface area contributed by atoms with Gasteiger partial charge in [0.05, 0.1) is 29.3 Å². The van der Waals surface area contributed by atoms with E-state index in [1.54, 1.807) is 60.7 Å². The molecular weight excluding hydrogens is 444 g/mol. The van der Waals surface area contributed by atoms with Crippen molar-refractivity contribution in [3.63, 3.8) is 0 Å². The van der Waals surface area contributed by atoms with Crippen LogP contribution in [0.2, 0.25) is 0 Å². The molecule has 33 heavy (non-hydrogen) atoms. The second-order valence-corrected chi connectivity index (χ2v) is 7.92. The molecule has 0 atom stereocenters. The maximum atomic E-state index is 13.0. The number of nitrogens with two attached hydrogens (primary N) is 1. The lowest BCUT2D eigenvalue weighted by atomic mass is 10.1. The van der Waals surface area contributed by atoms with Crippen LogP contribution in [-0.2, 0) is 10.8 Å². The summed E-state index contributed by atoms with van der Waals surface area (Å²) in [7, 11) is 1.52. The Morgan fingerprint density at radius 3 is 2.64 bits per heavy atom. The number of benzene rings is 3. The highest BCUT2D eigenvalue weighted by molar-refractivity contribution is 7.95. The average molecular weight is 464 g/mol. The van der Waals surface area contributed by atoms with Gasteiger partial charge in [0.25, 0.3) is 0 Å². The molecule has 0 unspecified atom stereocenters. The van der Waals surface area contributed by atoms with Gasteiger partial charge in [0.15, 0.2) is 5.43 Å². The molecular formula is C24H20N2O6S. The van der Waals surface area contributed by atoms with Gasteiger partial charge in [-0.2, -0.15) is 0 Å². The van der Waals surface area contributed by atoms with E-state index in [9.17, 15) is 9.59 Å². The van der Waals surface area contributed by atoms with E-state index in [1.165, 1.54) is 23.9 Å². The maximum absolute atomic E-state index is 13.0. The van der Waals surface area contributed by atoms with Crippen molar-refractivity contribution in [1.82, 2.24) is 0 Å². The van der Waals surface area contributed by atoms with Crippen LogP contribution in [-0.4, -0.2) is 18.2 Å². The molecule has 0 spiro atoms. The van der Waals surface area contributed by atoms with E-state index in [2.05, 4.69) is 0 Å². The third-order valence-electron chi connectivity index (χ3n) is 4.91. The molecule has 4 rings (SSSR count). The molecule has 0 saturated carbocycles. The zero-order chi connectivity index (χ0) is 23.4. The van der Waals surface area contributed by atoms with Gasteiger partial charge in [-0.1, -0.05) is 24.3 Å². The fraction of sp³-hybridized carbons (Fsp3) is 0.0833. The Balaban J connectivity index is 1.54. The van der Waals surface area contributed by atoms with Crippen molar-refractivity contribution in [2.24, 2.45) is 5.84 Å². The first-order valence-electron chi connectivity index (χ1n) is 9.83. The Hall–Kier alpha value is -3.79. The van der Waals surface area contributed by atoms with Crippen LogP contribution in [0.3, 0.4) is 0 Å². The summed E-state index contributed by atoms with van der Waals surface area (Å²) in [4.78, 5) is 24.1. The normalized spacial score (nSPS) is 10.8. The van der Waals surface area contributed by atoms with Crippen molar-refractivity contribution >= 4 is 34.9 Å². The molecule has 4 aromatic rings. The van der Waals surface area contributed by atoms with Crippen LogP contribution in [0, 0.1) is 0 Å². The minimum Gasteiger partial charge on any atom is -0.489 e. The summed E-state index contributed by atoms with van der Waals surface area (Å²) in [6, 6.07) is 18.6. The molecule has 0 aliphatic heterocycles. The van der Waals surface area contributed by atoms with Gasteiger partial charge < -0.3 is 14.3 Å². The number of hydrogen-bond donors (Lipinski definition) is 2. The van der Waals surface area contributed by atoms with E-state index in [1.807, 2.05) is 0 Å². The number of aromatic carboxylic acids is 1. The molecule has 1 aromatic heterocycles. The number of rotatable bonds is 8. The van der Waals surface area contributed by atoms with Crippen LogP contribution in [0.4, 0.5) is 5.69 Å². The Morgan fingerprint density at radius 1 is 1.12 bits per heavy atom. The second kappa shape index (κ2) is 9.78. The van der Waals surface area contributed by atoms with Gasteiger partial charge in [-0.05, 0) is 47.5 Å². The number of carboxylic acid groups (broad SMARTS) is 1.